The molecule has 0 amide bonds. The first-order valence-corrected chi connectivity index (χ1v) is 8.64. The Morgan fingerprint density at radius 3 is 1.57 bits per heavy atom. The van der Waals surface area contributed by atoms with Gasteiger partial charge >= 0.3 is 0 Å². The predicted molar refractivity (Wildman–Crippen MR) is 67.0 cm³/mol. The molecule has 0 saturated heterocycles. The smallest absolute Gasteiger partial charge is 0.193 e. The van der Waals surface area contributed by atoms with Gasteiger partial charge in [0.05, 0.1) is 0 Å². The minimum Gasteiger partial charge on any atom is -0.414 e. The van der Waals surface area contributed by atoms with Crippen LogP contribution < -0.4 is 0 Å². The summed E-state index contributed by atoms with van der Waals surface area (Å²) in [7, 11) is -1.42. The highest BCUT2D eigenvalue weighted by Crippen LogP contribution is 2.28. The third-order valence-corrected chi connectivity index (χ3v) is 7.70. The molecule has 1 radical (unpaired) electrons. The summed E-state index contributed by atoms with van der Waals surface area (Å²) >= 11 is 0. The van der Waals surface area contributed by atoms with Gasteiger partial charge in [-0.25, -0.2) is 0 Å². The van der Waals surface area contributed by atoms with Crippen molar-refractivity contribution in [2.75, 3.05) is 0 Å². The summed E-state index contributed by atoms with van der Waals surface area (Å²) in [5, 5.41) is 0. The summed E-state index contributed by atoms with van der Waals surface area (Å²) in [5.41, 5.74) is 0. The van der Waals surface area contributed by atoms with Crippen LogP contribution in [0.5, 0.6) is 0 Å². The molecule has 0 N–H and O–H groups in total. The zero-order valence-corrected chi connectivity index (χ0v) is 11.4. The SMILES string of the molecule is [CH2]C(C)O[Si](CCC)(CCC)CCC. The van der Waals surface area contributed by atoms with Gasteiger partial charge < -0.3 is 4.43 Å². The molecule has 0 saturated carbocycles. The van der Waals surface area contributed by atoms with Crippen LogP contribution in [-0.4, -0.2) is 14.4 Å². The van der Waals surface area contributed by atoms with Gasteiger partial charge in [0.2, 0.25) is 0 Å². The summed E-state index contributed by atoms with van der Waals surface area (Å²) in [6.45, 7) is 12.9. The Morgan fingerprint density at radius 2 is 1.36 bits per heavy atom. The topological polar surface area (TPSA) is 9.23 Å². The maximum absolute atomic E-state index is 6.19. The summed E-state index contributed by atoms with van der Waals surface area (Å²) < 4.78 is 6.19. The Labute approximate surface area is 91.4 Å². The van der Waals surface area contributed by atoms with Crippen LogP contribution in [0.25, 0.3) is 0 Å². The maximum Gasteiger partial charge on any atom is 0.193 e. The van der Waals surface area contributed by atoms with Gasteiger partial charge in [0.25, 0.3) is 0 Å². The maximum atomic E-state index is 6.19. The highest BCUT2D eigenvalue weighted by atomic mass is 28.4. The molecule has 0 spiro atoms. The lowest BCUT2D eigenvalue weighted by atomic mass is 10.5. The largest absolute Gasteiger partial charge is 0.414 e. The quantitative estimate of drug-likeness (QED) is 0.545. The molecule has 0 aliphatic rings. The van der Waals surface area contributed by atoms with Gasteiger partial charge in [0.15, 0.2) is 8.32 Å². The molecule has 1 atom stereocenters. The molecule has 0 aromatic carbocycles. The fourth-order valence-electron chi connectivity index (χ4n) is 2.35. The van der Waals surface area contributed by atoms with E-state index in [0.29, 0.717) is 0 Å². The van der Waals surface area contributed by atoms with Crippen molar-refractivity contribution >= 4 is 8.32 Å². The van der Waals surface area contributed by atoms with Crippen LogP contribution in [0, 0.1) is 6.92 Å². The minimum atomic E-state index is -1.42. The summed E-state index contributed by atoms with van der Waals surface area (Å²) in [4.78, 5) is 0. The van der Waals surface area contributed by atoms with Crippen LogP contribution in [0.3, 0.4) is 0 Å². The van der Waals surface area contributed by atoms with Crippen LogP contribution in [0.4, 0.5) is 0 Å². The normalized spacial score (nSPS) is 12.4. The van der Waals surface area contributed by atoms with Crippen LogP contribution in [0.15, 0.2) is 0 Å². The molecule has 0 rings (SSSR count). The minimum absolute atomic E-state index is 0.173. The van der Waals surface area contributed by atoms with Crippen molar-refractivity contribution in [1.82, 2.24) is 0 Å². The van der Waals surface area contributed by atoms with Gasteiger partial charge in [0, 0.05) is 6.10 Å². The first-order valence-electron chi connectivity index (χ1n) is 6.11. The second-order valence-electron chi connectivity index (χ2n) is 4.36. The molecule has 1 nitrogen and oxygen atoms in total. The van der Waals surface area contributed by atoms with Gasteiger partial charge in [-0.1, -0.05) is 40.0 Å². The van der Waals surface area contributed by atoms with Crippen LogP contribution in [0.2, 0.25) is 18.1 Å². The van der Waals surface area contributed by atoms with Gasteiger partial charge in [-0.15, -0.1) is 0 Å². The average molecular weight is 215 g/mol. The Balaban J connectivity index is 4.37. The second-order valence-corrected chi connectivity index (χ2v) is 8.46. The van der Waals surface area contributed by atoms with Crippen LogP contribution in [-0.2, 0) is 4.43 Å². The fraction of sp³-hybridized carbons (Fsp3) is 0.917. The highest BCUT2D eigenvalue weighted by molar-refractivity contribution is 6.73. The van der Waals surface area contributed by atoms with E-state index in [1.54, 1.807) is 0 Å². The Hall–Kier alpha value is 0.177. The summed E-state index contributed by atoms with van der Waals surface area (Å²) in [6, 6.07) is 3.94. The van der Waals surface area contributed by atoms with E-state index >= 15 is 0 Å². The molecule has 0 aromatic rings. The zero-order chi connectivity index (χ0) is 11.0. The lowest BCUT2D eigenvalue weighted by Gasteiger charge is -2.33. The number of hydrogen-bond donors (Lipinski definition) is 0. The van der Waals surface area contributed by atoms with Crippen molar-refractivity contribution in [3.63, 3.8) is 0 Å². The molecule has 85 valence electrons. The van der Waals surface area contributed by atoms with Crippen molar-refractivity contribution < 1.29 is 4.43 Å². The highest BCUT2D eigenvalue weighted by Gasteiger charge is 2.32. The summed E-state index contributed by atoms with van der Waals surface area (Å²) in [5.74, 6) is 0. The molecule has 2 heteroatoms. The molecule has 0 aliphatic carbocycles. The van der Waals surface area contributed by atoms with E-state index in [-0.39, 0.29) is 6.10 Å². The Bertz CT molecular complexity index is 117. The van der Waals surface area contributed by atoms with E-state index in [9.17, 15) is 0 Å². The van der Waals surface area contributed by atoms with E-state index in [1.165, 1.54) is 37.4 Å². The molecule has 1 unspecified atom stereocenters. The van der Waals surface area contributed by atoms with Gasteiger partial charge in [-0.2, -0.15) is 0 Å². The van der Waals surface area contributed by atoms with Crippen LogP contribution in [0.1, 0.15) is 47.0 Å². The van der Waals surface area contributed by atoms with E-state index in [0.717, 1.165) is 0 Å². The van der Waals surface area contributed by atoms with Gasteiger partial charge in [-0.3, -0.25) is 0 Å². The zero-order valence-electron chi connectivity index (χ0n) is 10.4. The standard InChI is InChI=1S/C12H27OSi/c1-6-9-14(10-7-2,11-8-3)13-12(4)5/h12H,4,6-11H2,1-3,5H3. The van der Waals surface area contributed by atoms with Crippen molar-refractivity contribution in [2.24, 2.45) is 0 Å². The molecule has 0 fully saturated rings. The van der Waals surface area contributed by atoms with E-state index < -0.39 is 8.32 Å². The van der Waals surface area contributed by atoms with E-state index in [2.05, 4.69) is 34.6 Å². The molecule has 0 heterocycles. The summed E-state index contributed by atoms with van der Waals surface area (Å²) in [6.07, 6.45) is 3.96. The second kappa shape index (κ2) is 7.47. The molecule has 0 aromatic heterocycles. The molecular weight excluding hydrogens is 188 g/mol. The first-order chi connectivity index (χ1) is 6.60. The molecule has 0 bridgehead atoms. The van der Waals surface area contributed by atoms with E-state index in [4.69, 9.17) is 4.43 Å². The lowest BCUT2D eigenvalue weighted by molar-refractivity contribution is 0.246. The van der Waals surface area contributed by atoms with Gasteiger partial charge in [-0.05, 0) is 32.0 Å². The third kappa shape index (κ3) is 5.16. The Morgan fingerprint density at radius 1 is 1.00 bits per heavy atom. The predicted octanol–water partition coefficient (Wildman–Crippen LogP) is 4.40. The number of rotatable bonds is 8. The molecule has 0 aliphatic heterocycles. The van der Waals surface area contributed by atoms with Crippen LogP contribution >= 0.6 is 0 Å². The van der Waals surface area contributed by atoms with E-state index in [1.807, 2.05) is 0 Å². The van der Waals surface area contributed by atoms with Crippen molar-refractivity contribution in [3.8, 4) is 0 Å². The molecular formula is C12H27OSi. The van der Waals surface area contributed by atoms with Crippen molar-refractivity contribution in [3.05, 3.63) is 6.92 Å². The average Bonchev–Trinajstić information content (AvgIpc) is 2.03. The first kappa shape index (κ1) is 14.2. The molecule has 14 heavy (non-hydrogen) atoms. The van der Waals surface area contributed by atoms with Crippen molar-refractivity contribution in [1.29, 1.82) is 0 Å². The lowest BCUT2D eigenvalue weighted by Crippen LogP contribution is -2.40. The fourth-order valence-corrected chi connectivity index (χ4v) is 7.04. The Kier molecular flexibility index (Phi) is 7.56. The number of hydrogen-bond acceptors (Lipinski definition) is 1. The van der Waals surface area contributed by atoms with Crippen molar-refractivity contribution in [2.45, 2.75) is 71.2 Å². The third-order valence-electron chi connectivity index (χ3n) is 2.57. The monoisotopic (exact) mass is 215 g/mol. The van der Waals surface area contributed by atoms with Gasteiger partial charge in [0.1, 0.15) is 0 Å².